The summed E-state index contributed by atoms with van der Waals surface area (Å²) in [7, 11) is 0. The molecule has 0 saturated heterocycles. The number of aromatic nitrogens is 4. The molecule has 3 rings (SSSR count). The Morgan fingerprint density at radius 3 is 3.00 bits per heavy atom. The summed E-state index contributed by atoms with van der Waals surface area (Å²) in [5, 5.41) is 14.5. The van der Waals surface area contributed by atoms with Crippen molar-refractivity contribution in [1.82, 2.24) is 25.1 Å². The number of nitrogens with one attached hydrogen (secondary N) is 1. The molecule has 0 unspecified atom stereocenters. The Kier molecular flexibility index (Phi) is 5.05. The molecule has 0 radical (unpaired) electrons. The minimum absolute atomic E-state index is 0.0171. The van der Waals surface area contributed by atoms with Gasteiger partial charge in [-0.05, 0) is 12.8 Å². The van der Waals surface area contributed by atoms with Crippen LogP contribution in [0.4, 0.5) is 0 Å². The standard InChI is InChI=1S/C16H23N5OS/c1-11(2)16-18-12(10-23-16)8-15(22)17-9-14-20-19-13-6-4-3-5-7-21(13)14/h10-11H,3-9H2,1-2H3,(H,17,22). The van der Waals surface area contributed by atoms with E-state index in [0.29, 0.717) is 18.9 Å². The smallest absolute Gasteiger partial charge is 0.226 e. The monoisotopic (exact) mass is 333 g/mol. The molecular formula is C16H23N5OS. The van der Waals surface area contributed by atoms with Gasteiger partial charge in [0.05, 0.1) is 23.7 Å². The van der Waals surface area contributed by atoms with Crippen LogP contribution in [-0.4, -0.2) is 25.7 Å². The highest BCUT2D eigenvalue weighted by Gasteiger charge is 2.15. The summed E-state index contributed by atoms with van der Waals surface area (Å²) in [4.78, 5) is 16.6. The molecule has 0 fully saturated rings. The third kappa shape index (κ3) is 3.96. The highest BCUT2D eigenvalue weighted by Crippen LogP contribution is 2.19. The van der Waals surface area contributed by atoms with Crippen LogP contribution in [0, 0.1) is 0 Å². The Labute approximate surface area is 140 Å². The second kappa shape index (κ2) is 7.21. The SMILES string of the molecule is CC(C)c1nc(CC(=O)NCc2nnc3n2CCCCC3)cs1. The minimum atomic E-state index is -0.0171. The van der Waals surface area contributed by atoms with Gasteiger partial charge >= 0.3 is 0 Å². The van der Waals surface area contributed by atoms with E-state index in [0.717, 1.165) is 41.7 Å². The van der Waals surface area contributed by atoms with Gasteiger partial charge in [-0.25, -0.2) is 4.98 Å². The molecule has 6 nitrogen and oxygen atoms in total. The summed E-state index contributed by atoms with van der Waals surface area (Å²) < 4.78 is 2.16. The van der Waals surface area contributed by atoms with E-state index in [-0.39, 0.29) is 5.91 Å². The van der Waals surface area contributed by atoms with E-state index in [1.54, 1.807) is 11.3 Å². The lowest BCUT2D eigenvalue weighted by molar-refractivity contribution is -0.120. The van der Waals surface area contributed by atoms with Gasteiger partial charge in [0.15, 0.2) is 5.82 Å². The number of thiazole rings is 1. The van der Waals surface area contributed by atoms with Crippen LogP contribution in [0.15, 0.2) is 5.38 Å². The van der Waals surface area contributed by atoms with E-state index in [9.17, 15) is 4.79 Å². The zero-order chi connectivity index (χ0) is 16.2. The van der Waals surface area contributed by atoms with Gasteiger partial charge < -0.3 is 9.88 Å². The molecule has 0 saturated carbocycles. The number of aryl methyl sites for hydroxylation is 1. The van der Waals surface area contributed by atoms with Gasteiger partial charge in [0.2, 0.25) is 5.91 Å². The fourth-order valence-electron chi connectivity index (χ4n) is 2.75. The van der Waals surface area contributed by atoms with Crippen LogP contribution in [-0.2, 0) is 30.7 Å². The predicted octanol–water partition coefficient (Wildman–Crippen LogP) is 2.44. The summed E-state index contributed by atoms with van der Waals surface area (Å²) in [6, 6.07) is 0. The summed E-state index contributed by atoms with van der Waals surface area (Å²) >= 11 is 1.62. The summed E-state index contributed by atoms with van der Waals surface area (Å²) in [6.45, 7) is 5.61. The molecule has 23 heavy (non-hydrogen) atoms. The first-order chi connectivity index (χ1) is 11.1. The Balaban J connectivity index is 1.55. The molecule has 1 aliphatic heterocycles. The van der Waals surface area contributed by atoms with Gasteiger partial charge in [-0.15, -0.1) is 21.5 Å². The van der Waals surface area contributed by atoms with Crippen molar-refractivity contribution in [3.05, 3.63) is 27.7 Å². The second-order valence-corrected chi connectivity index (χ2v) is 7.17. The molecule has 1 N–H and O–H groups in total. The number of hydrogen-bond acceptors (Lipinski definition) is 5. The molecule has 0 atom stereocenters. The van der Waals surface area contributed by atoms with Crippen LogP contribution in [0.5, 0.6) is 0 Å². The number of fused-ring (bicyclic) bond motifs is 1. The maximum absolute atomic E-state index is 12.1. The van der Waals surface area contributed by atoms with Gasteiger partial charge in [0.1, 0.15) is 5.82 Å². The molecule has 0 bridgehead atoms. The fourth-order valence-corrected chi connectivity index (χ4v) is 3.58. The minimum Gasteiger partial charge on any atom is -0.348 e. The van der Waals surface area contributed by atoms with E-state index in [2.05, 4.69) is 38.9 Å². The maximum Gasteiger partial charge on any atom is 0.226 e. The Morgan fingerprint density at radius 2 is 2.22 bits per heavy atom. The number of rotatable bonds is 5. The molecule has 2 aromatic heterocycles. The van der Waals surface area contributed by atoms with E-state index in [1.165, 1.54) is 12.8 Å². The molecule has 2 aromatic rings. The molecule has 1 amide bonds. The lowest BCUT2D eigenvalue weighted by Gasteiger charge is -2.07. The zero-order valence-corrected chi connectivity index (χ0v) is 14.5. The molecule has 1 aliphatic rings. The van der Waals surface area contributed by atoms with Crippen LogP contribution in [0.25, 0.3) is 0 Å². The maximum atomic E-state index is 12.1. The van der Waals surface area contributed by atoms with Crippen molar-refractivity contribution in [2.75, 3.05) is 0 Å². The predicted molar refractivity (Wildman–Crippen MR) is 89.3 cm³/mol. The second-order valence-electron chi connectivity index (χ2n) is 6.28. The topological polar surface area (TPSA) is 72.7 Å². The molecule has 0 spiro atoms. The number of hydrogen-bond donors (Lipinski definition) is 1. The van der Waals surface area contributed by atoms with Crippen molar-refractivity contribution in [1.29, 1.82) is 0 Å². The molecule has 7 heteroatoms. The van der Waals surface area contributed by atoms with Crippen LogP contribution < -0.4 is 5.32 Å². The van der Waals surface area contributed by atoms with Crippen LogP contribution in [0.3, 0.4) is 0 Å². The molecular weight excluding hydrogens is 310 g/mol. The summed E-state index contributed by atoms with van der Waals surface area (Å²) in [5.74, 6) is 2.30. The fraction of sp³-hybridized carbons (Fsp3) is 0.625. The quantitative estimate of drug-likeness (QED) is 0.912. The van der Waals surface area contributed by atoms with Crippen molar-refractivity contribution in [2.45, 2.75) is 65.0 Å². The van der Waals surface area contributed by atoms with E-state index in [1.807, 2.05) is 5.38 Å². The largest absolute Gasteiger partial charge is 0.348 e. The molecule has 124 valence electrons. The number of carbonyl (C=O) groups is 1. The first-order valence-corrected chi connectivity index (χ1v) is 9.13. The van der Waals surface area contributed by atoms with Crippen molar-refractivity contribution in [3.8, 4) is 0 Å². The average Bonchev–Trinajstić information content (AvgIpc) is 3.06. The lowest BCUT2D eigenvalue weighted by atomic mass is 10.2. The van der Waals surface area contributed by atoms with Crippen LogP contribution >= 0.6 is 11.3 Å². The first kappa shape index (κ1) is 16.1. The van der Waals surface area contributed by atoms with Gasteiger partial charge in [-0.2, -0.15) is 0 Å². The molecule has 3 heterocycles. The Bertz CT molecular complexity index is 676. The van der Waals surface area contributed by atoms with Crippen molar-refractivity contribution < 1.29 is 4.79 Å². The average molecular weight is 333 g/mol. The van der Waals surface area contributed by atoms with Crippen molar-refractivity contribution >= 4 is 17.2 Å². The zero-order valence-electron chi connectivity index (χ0n) is 13.7. The Morgan fingerprint density at radius 1 is 1.35 bits per heavy atom. The molecule has 0 aliphatic carbocycles. The normalized spacial score (nSPS) is 14.6. The molecule has 0 aromatic carbocycles. The highest BCUT2D eigenvalue weighted by molar-refractivity contribution is 7.09. The van der Waals surface area contributed by atoms with Crippen molar-refractivity contribution in [3.63, 3.8) is 0 Å². The number of nitrogens with zero attached hydrogens (tertiary/aromatic N) is 4. The Hall–Kier alpha value is -1.76. The van der Waals surface area contributed by atoms with E-state index < -0.39 is 0 Å². The number of carbonyl (C=O) groups excluding carboxylic acids is 1. The van der Waals surface area contributed by atoms with Gasteiger partial charge in [-0.3, -0.25) is 4.79 Å². The van der Waals surface area contributed by atoms with Crippen LogP contribution in [0.2, 0.25) is 0 Å². The third-order valence-corrected chi connectivity index (χ3v) is 5.23. The van der Waals surface area contributed by atoms with Crippen LogP contribution in [0.1, 0.15) is 61.4 Å². The van der Waals surface area contributed by atoms with Gasteiger partial charge in [0.25, 0.3) is 0 Å². The van der Waals surface area contributed by atoms with Crippen molar-refractivity contribution in [2.24, 2.45) is 0 Å². The first-order valence-electron chi connectivity index (χ1n) is 8.25. The highest BCUT2D eigenvalue weighted by atomic mass is 32.1. The lowest BCUT2D eigenvalue weighted by Crippen LogP contribution is -2.26. The summed E-state index contributed by atoms with van der Waals surface area (Å²) in [6.07, 6.45) is 4.87. The van der Waals surface area contributed by atoms with E-state index >= 15 is 0 Å². The van der Waals surface area contributed by atoms with Gasteiger partial charge in [-0.1, -0.05) is 20.3 Å². The van der Waals surface area contributed by atoms with Gasteiger partial charge in [0, 0.05) is 24.3 Å². The summed E-state index contributed by atoms with van der Waals surface area (Å²) in [5.41, 5.74) is 0.844. The number of amides is 1. The third-order valence-electron chi connectivity index (χ3n) is 4.03. The van der Waals surface area contributed by atoms with E-state index in [4.69, 9.17) is 0 Å².